The number of halogens is 5. The Hall–Kier alpha value is -2.36. The van der Waals surface area contributed by atoms with E-state index in [0.717, 1.165) is 23.3 Å². The van der Waals surface area contributed by atoms with Crippen LogP contribution in [0, 0.1) is 0 Å². The van der Waals surface area contributed by atoms with Gasteiger partial charge in [-0.15, -0.1) is 0 Å². The molecule has 158 valence electrons. The van der Waals surface area contributed by atoms with E-state index in [-0.39, 0.29) is 20.8 Å². The van der Waals surface area contributed by atoms with Crippen molar-refractivity contribution in [3.63, 3.8) is 0 Å². The van der Waals surface area contributed by atoms with Crippen LogP contribution in [0.3, 0.4) is 0 Å². The summed E-state index contributed by atoms with van der Waals surface area (Å²) in [6, 6.07) is 9.93. The van der Waals surface area contributed by atoms with Crippen molar-refractivity contribution < 1.29 is 21.6 Å². The molecule has 0 saturated heterocycles. The van der Waals surface area contributed by atoms with Gasteiger partial charge in [0.25, 0.3) is 0 Å². The average Bonchev–Trinajstić information content (AvgIpc) is 3.10. The van der Waals surface area contributed by atoms with E-state index in [1.165, 1.54) is 48.5 Å². The molecular weight excluding hydrogens is 462 g/mol. The van der Waals surface area contributed by atoms with Gasteiger partial charge in [0.15, 0.2) is 0 Å². The first kappa shape index (κ1) is 22.3. The minimum absolute atomic E-state index is 0.0757. The molecule has 5 nitrogen and oxygen atoms in total. The summed E-state index contributed by atoms with van der Waals surface area (Å²) in [5.74, 6) is -1.90. The van der Waals surface area contributed by atoms with Gasteiger partial charge >= 0.3 is 6.18 Å². The van der Waals surface area contributed by atoms with Gasteiger partial charge in [-0.05, 0) is 41.5 Å². The van der Waals surface area contributed by atoms with Crippen LogP contribution in [0.15, 0.2) is 60.0 Å². The molecule has 1 unspecified atom stereocenters. The lowest BCUT2D eigenvalue weighted by Gasteiger charge is -2.18. The summed E-state index contributed by atoms with van der Waals surface area (Å²) < 4.78 is 65.3. The van der Waals surface area contributed by atoms with E-state index < -0.39 is 21.9 Å². The first-order valence-electron chi connectivity index (χ1n) is 8.36. The number of alkyl halides is 3. The van der Waals surface area contributed by atoms with Gasteiger partial charge < -0.3 is 0 Å². The molecule has 0 saturated carbocycles. The fourth-order valence-corrected chi connectivity index (χ4v) is 4.01. The number of sulfone groups is 1. The lowest BCUT2D eigenvalue weighted by Crippen LogP contribution is -2.18. The highest BCUT2D eigenvalue weighted by molar-refractivity contribution is 7.90. The SMILES string of the molecule is CS(=O)(=O)c1ncnn1-c1ccc(/C=C/C(c2cc(Cl)cc(Cl)c2)C(F)(F)F)cc1. The highest BCUT2D eigenvalue weighted by Gasteiger charge is 2.39. The minimum atomic E-state index is -4.55. The summed E-state index contributed by atoms with van der Waals surface area (Å²) in [5.41, 5.74) is 0.800. The lowest BCUT2D eigenvalue weighted by molar-refractivity contribution is -0.139. The Morgan fingerprint density at radius 1 is 1.07 bits per heavy atom. The summed E-state index contributed by atoms with van der Waals surface area (Å²) in [4.78, 5) is 3.72. The van der Waals surface area contributed by atoms with E-state index in [1.54, 1.807) is 0 Å². The van der Waals surface area contributed by atoms with Crippen LogP contribution >= 0.6 is 23.2 Å². The average molecular weight is 476 g/mol. The summed E-state index contributed by atoms with van der Waals surface area (Å²) in [6.45, 7) is 0. The smallest absolute Gasteiger partial charge is 0.221 e. The minimum Gasteiger partial charge on any atom is -0.221 e. The van der Waals surface area contributed by atoms with Crippen molar-refractivity contribution in [3.8, 4) is 5.69 Å². The molecule has 3 aromatic rings. The maximum atomic E-state index is 13.6. The molecule has 3 rings (SSSR count). The number of nitrogens with zero attached hydrogens (tertiary/aromatic N) is 3. The number of allylic oxidation sites excluding steroid dienone is 1. The standard InChI is InChI=1S/C19H14Cl2F3N3O2S/c1-30(28,29)18-25-11-26-27(18)16-5-2-12(3-6-16)4-7-17(19(22,23)24)13-8-14(20)10-15(21)9-13/h2-11,17H,1H3/b7-4+. The van der Waals surface area contributed by atoms with Crippen LogP contribution in [-0.4, -0.2) is 35.6 Å². The molecule has 0 radical (unpaired) electrons. The van der Waals surface area contributed by atoms with Gasteiger partial charge in [-0.2, -0.15) is 18.3 Å². The molecule has 1 atom stereocenters. The van der Waals surface area contributed by atoms with E-state index in [0.29, 0.717) is 11.3 Å². The summed E-state index contributed by atoms with van der Waals surface area (Å²) in [6.07, 6.45) is -0.113. The van der Waals surface area contributed by atoms with Crippen LogP contribution in [0.4, 0.5) is 13.2 Å². The van der Waals surface area contributed by atoms with Crippen LogP contribution in [0.25, 0.3) is 11.8 Å². The normalized spacial score (nSPS) is 13.7. The molecule has 0 N–H and O–H groups in total. The van der Waals surface area contributed by atoms with Crippen molar-refractivity contribution in [2.45, 2.75) is 17.3 Å². The zero-order valence-corrected chi connectivity index (χ0v) is 17.6. The fraction of sp³-hybridized carbons (Fsp3) is 0.158. The van der Waals surface area contributed by atoms with Crippen molar-refractivity contribution in [1.82, 2.24) is 14.8 Å². The van der Waals surface area contributed by atoms with Crippen molar-refractivity contribution in [1.29, 1.82) is 0 Å². The second-order valence-electron chi connectivity index (χ2n) is 6.40. The number of benzene rings is 2. The summed E-state index contributed by atoms with van der Waals surface area (Å²) in [7, 11) is -3.60. The number of hydrogen-bond donors (Lipinski definition) is 0. The number of rotatable bonds is 5. The topological polar surface area (TPSA) is 64.8 Å². The molecule has 0 amide bonds. The van der Waals surface area contributed by atoms with Crippen molar-refractivity contribution in [2.24, 2.45) is 0 Å². The predicted molar refractivity (Wildman–Crippen MR) is 109 cm³/mol. The third-order valence-electron chi connectivity index (χ3n) is 4.06. The van der Waals surface area contributed by atoms with Gasteiger partial charge in [0.2, 0.25) is 15.0 Å². The second kappa shape index (κ2) is 8.41. The third kappa shape index (κ3) is 5.21. The Balaban J connectivity index is 1.90. The molecule has 0 spiro atoms. The van der Waals surface area contributed by atoms with E-state index >= 15 is 0 Å². The Morgan fingerprint density at radius 2 is 1.67 bits per heavy atom. The van der Waals surface area contributed by atoms with Gasteiger partial charge in [0.05, 0.1) is 11.6 Å². The van der Waals surface area contributed by atoms with Crippen LogP contribution < -0.4 is 0 Å². The zero-order valence-electron chi connectivity index (χ0n) is 15.3. The fourth-order valence-electron chi connectivity index (χ4n) is 2.76. The Labute approximate surface area is 180 Å². The second-order valence-corrected chi connectivity index (χ2v) is 9.18. The molecule has 0 bridgehead atoms. The summed E-state index contributed by atoms with van der Waals surface area (Å²) in [5, 5.41) is 3.86. The highest BCUT2D eigenvalue weighted by Crippen LogP contribution is 2.38. The van der Waals surface area contributed by atoms with Crippen molar-refractivity contribution in [2.75, 3.05) is 6.26 Å². The van der Waals surface area contributed by atoms with Gasteiger partial charge in [-0.1, -0.05) is 47.5 Å². The van der Waals surface area contributed by atoms with Crippen molar-refractivity contribution >= 4 is 39.1 Å². The van der Waals surface area contributed by atoms with E-state index in [4.69, 9.17) is 23.2 Å². The Morgan fingerprint density at radius 3 is 2.20 bits per heavy atom. The zero-order chi connectivity index (χ0) is 22.1. The molecule has 0 aliphatic rings. The molecule has 11 heteroatoms. The molecule has 30 heavy (non-hydrogen) atoms. The Kier molecular flexibility index (Phi) is 6.26. The maximum absolute atomic E-state index is 13.6. The van der Waals surface area contributed by atoms with Gasteiger partial charge in [-0.3, -0.25) is 0 Å². The number of aromatic nitrogens is 3. The van der Waals surface area contributed by atoms with Crippen molar-refractivity contribution in [3.05, 3.63) is 76.0 Å². The van der Waals surface area contributed by atoms with Crippen LogP contribution in [-0.2, 0) is 9.84 Å². The quantitative estimate of drug-likeness (QED) is 0.499. The van der Waals surface area contributed by atoms with Gasteiger partial charge in [0, 0.05) is 16.3 Å². The maximum Gasteiger partial charge on any atom is 0.399 e. The van der Waals surface area contributed by atoms with Gasteiger partial charge in [-0.25, -0.2) is 18.1 Å². The van der Waals surface area contributed by atoms with E-state index in [2.05, 4.69) is 10.1 Å². The van der Waals surface area contributed by atoms with E-state index in [9.17, 15) is 21.6 Å². The van der Waals surface area contributed by atoms with Crippen LogP contribution in [0.2, 0.25) is 10.0 Å². The molecule has 0 aliphatic carbocycles. The first-order chi connectivity index (χ1) is 13.9. The van der Waals surface area contributed by atoms with Crippen LogP contribution in [0.1, 0.15) is 17.0 Å². The molecule has 1 aromatic heterocycles. The van der Waals surface area contributed by atoms with Crippen LogP contribution in [0.5, 0.6) is 0 Å². The Bertz CT molecular complexity index is 1170. The molecule has 1 heterocycles. The molecule has 0 fully saturated rings. The molecule has 2 aromatic carbocycles. The molecular formula is C19H14Cl2F3N3O2S. The van der Waals surface area contributed by atoms with E-state index in [1.807, 2.05) is 0 Å². The monoisotopic (exact) mass is 475 g/mol. The molecule has 0 aliphatic heterocycles. The summed E-state index contributed by atoms with van der Waals surface area (Å²) >= 11 is 11.7. The third-order valence-corrected chi connectivity index (χ3v) is 5.44. The predicted octanol–water partition coefficient (Wildman–Crippen LogP) is 5.34. The highest BCUT2D eigenvalue weighted by atomic mass is 35.5. The number of hydrogen-bond acceptors (Lipinski definition) is 4. The first-order valence-corrected chi connectivity index (χ1v) is 11.0. The lowest BCUT2D eigenvalue weighted by atomic mass is 9.97. The largest absolute Gasteiger partial charge is 0.399 e. The van der Waals surface area contributed by atoms with Gasteiger partial charge in [0.1, 0.15) is 6.33 Å².